The maximum absolute atomic E-state index is 11.9. The first-order chi connectivity index (χ1) is 6.44. The van der Waals surface area contributed by atoms with E-state index < -0.39 is 0 Å². The van der Waals surface area contributed by atoms with Crippen LogP contribution < -0.4 is 5.73 Å². The lowest BCUT2D eigenvalue weighted by Gasteiger charge is -2.26. The van der Waals surface area contributed by atoms with E-state index in [4.69, 9.17) is 5.73 Å². The van der Waals surface area contributed by atoms with Crippen LogP contribution >= 0.6 is 0 Å². The smallest absolute Gasteiger partial charge is 0.223 e. The quantitative estimate of drug-likeness (QED) is 0.741. The number of hydrogen-bond donors (Lipinski definition) is 1. The van der Waals surface area contributed by atoms with Gasteiger partial charge in [0.15, 0.2) is 0 Å². The summed E-state index contributed by atoms with van der Waals surface area (Å²) in [7, 11) is 0. The summed E-state index contributed by atoms with van der Waals surface area (Å²) in [5.74, 6) is 0.269. The maximum atomic E-state index is 11.9. The zero-order valence-corrected chi connectivity index (χ0v) is 9.55. The van der Waals surface area contributed by atoms with E-state index >= 15 is 0 Å². The lowest BCUT2D eigenvalue weighted by molar-refractivity contribution is -0.133. The van der Waals surface area contributed by atoms with Crippen LogP contribution in [0.5, 0.6) is 0 Å². The average molecular weight is 198 g/mol. The molecule has 0 aliphatic heterocycles. The molecule has 1 aliphatic carbocycles. The fourth-order valence-corrected chi connectivity index (χ4v) is 1.59. The molecule has 3 heteroatoms. The normalized spacial score (nSPS) is 16.9. The summed E-state index contributed by atoms with van der Waals surface area (Å²) >= 11 is 0. The minimum absolute atomic E-state index is 0.0822. The third-order valence-electron chi connectivity index (χ3n) is 2.36. The van der Waals surface area contributed by atoms with Crippen LogP contribution in [0.4, 0.5) is 0 Å². The molecule has 3 nitrogen and oxygen atoms in total. The fraction of sp³-hybridized carbons (Fsp3) is 0.909. The zero-order chi connectivity index (χ0) is 10.8. The van der Waals surface area contributed by atoms with Gasteiger partial charge in [-0.25, -0.2) is 0 Å². The Kier molecular flexibility index (Phi) is 3.53. The molecule has 14 heavy (non-hydrogen) atoms. The van der Waals surface area contributed by atoms with Gasteiger partial charge in [0.25, 0.3) is 0 Å². The van der Waals surface area contributed by atoms with Crippen molar-refractivity contribution in [3.63, 3.8) is 0 Å². The van der Waals surface area contributed by atoms with Crippen molar-refractivity contribution >= 4 is 5.91 Å². The van der Waals surface area contributed by atoms with Crippen LogP contribution in [0.3, 0.4) is 0 Å². The average Bonchev–Trinajstić information content (AvgIpc) is 2.78. The van der Waals surface area contributed by atoms with Gasteiger partial charge in [0.1, 0.15) is 0 Å². The third kappa shape index (κ3) is 3.66. The number of nitrogens with zero attached hydrogens (tertiary/aromatic N) is 1. The molecule has 1 amide bonds. The summed E-state index contributed by atoms with van der Waals surface area (Å²) in [5, 5.41) is 0. The molecule has 0 aromatic rings. The molecule has 0 bridgehead atoms. The van der Waals surface area contributed by atoms with Gasteiger partial charge in [-0.1, -0.05) is 20.8 Å². The van der Waals surface area contributed by atoms with Gasteiger partial charge in [-0.15, -0.1) is 0 Å². The van der Waals surface area contributed by atoms with Crippen molar-refractivity contribution in [1.29, 1.82) is 0 Å². The first kappa shape index (κ1) is 11.5. The predicted molar refractivity (Wildman–Crippen MR) is 57.9 cm³/mol. The summed E-state index contributed by atoms with van der Waals surface area (Å²) < 4.78 is 0. The largest absolute Gasteiger partial charge is 0.338 e. The van der Waals surface area contributed by atoms with Gasteiger partial charge in [-0.05, 0) is 18.3 Å². The molecule has 1 fully saturated rings. The van der Waals surface area contributed by atoms with Gasteiger partial charge >= 0.3 is 0 Å². The van der Waals surface area contributed by atoms with E-state index in [2.05, 4.69) is 20.8 Å². The highest BCUT2D eigenvalue weighted by atomic mass is 16.2. The third-order valence-corrected chi connectivity index (χ3v) is 2.36. The van der Waals surface area contributed by atoms with Gasteiger partial charge in [0.2, 0.25) is 5.91 Å². The van der Waals surface area contributed by atoms with Gasteiger partial charge in [-0.2, -0.15) is 0 Å². The van der Waals surface area contributed by atoms with Gasteiger partial charge in [0.05, 0.1) is 0 Å². The molecule has 0 radical (unpaired) electrons. The van der Waals surface area contributed by atoms with Crippen molar-refractivity contribution in [1.82, 2.24) is 4.90 Å². The van der Waals surface area contributed by atoms with Crippen LogP contribution in [0, 0.1) is 5.41 Å². The van der Waals surface area contributed by atoms with Gasteiger partial charge in [0, 0.05) is 25.6 Å². The van der Waals surface area contributed by atoms with E-state index in [9.17, 15) is 4.79 Å². The second kappa shape index (κ2) is 4.30. The first-order valence-electron chi connectivity index (χ1n) is 5.43. The van der Waals surface area contributed by atoms with Gasteiger partial charge < -0.3 is 10.6 Å². The molecule has 0 atom stereocenters. The summed E-state index contributed by atoms with van der Waals surface area (Å²) in [6.45, 7) is 7.58. The topological polar surface area (TPSA) is 46.3 Å². The summed E-state index contributed by atoms with van der Waals surface area (Å²) in [6.07, 6.45) is 2.95. The molecule has 1 saturated carbocycles. The minimum Gasteiger partial charge on any atom is -0.338 e. The van der Waals surface area contributed by atoms with Crippen molar-refractivity contribution in [3.05, 3.63) is 0 Å². The van der Waals surface area contributed by atoms with Crippen LogP contribution in [-0.2, 0) is 4.79 Å². The van der Waals surface area contributed by atoms with E-state index in [0.29, 0.717) is 19.0 Å². The number of carbonyl (C=O) groups excluding carboxylic acids is 1. The molecule has 0 aromatic carbocycles. The molecule has 2 N–H and O–H groups in total. The minimum atomic E-state index is 0.0822. The monoisotopic (exact) mass is 198 g/mol. The van der Waals surface area contributed by atoms with Crippen LogP contribution in [0.2, 0.25) is 0 Å². The number of carbonyl (C=O) groups is 1. The molecule has 0 unspecified atom stereocenters. The second-order valence-electron chi connectivity index (χ2n) is 5.34. The van der Waals surface area contributed by atoms with E-state index in [1.165, 1.54) is 0 Å². The Bertz CT molecular complexity index is 204. The Hall–Kier alpha value is -0.570. The fourth-order valence-electron chi connectivity index (χ4n) is 1.59. The second-order valence-corrected chi connectivity index (χ2v) is 5.34. The first-order valence-corrected chi connectivity index (χ1v) is 5.43. The Morgan fingerprint density at radius 3 is 2.36 bits per heavy atom. The van der Waals surface area contributed by atoms with Crippen molar-refractivity contribution in [3.8, 4) is 0 Å². The Balaban J connectivity index is 2.46. The molecule has 0 spiro atoms. The van der Waals surface area contributed by atoms with Crippen LogP contribution in [0.25, 0.3) is 0 Å². The zero-order valence-electron chi connectivity index (χ0n) is 9.55. The maximum Gasteiger partial charge on any atom is 0.223 e. The molecule has 82 valence electrons. The predicted octanol–water partition coefficient (Wildman–Crippen LogP) is 1.37. The van der Waals surface area contributed by atoms with Crippen molar-refractivity contribution in [2.24, 2.45) is 11.1 Å². The number of amides is 1. The molecular weight excluding hydrogens is 176 g/mol. The highest BCUT2D eigenvalue weighted by Gasteiger charge is 2.33. The Labute approximate surface area is 86.6 Å². The highest BCUT2D eigenvalue weighted by molar-refractivity contribution is 5.77. The van der Waals surface area contributed by atoms with Crippen molar-refractivity contribution < 1.29 is 4.79 Å². The molecular formula is C11H22N2O. The van der Waals surface area contributed by atoms with Crippen molar-refractivity contribution in [2.75, 3.05) is 13.1 Å². The van der Waals surface area contributed by atoms with Crippen LogP contribution in [0.15, 0.2) is 0 Å². The van der Waals surface area contributed by atoms with Crippen LogP contribution in [-0.4, -0.2) is 29.9 Å². The Morgan fingerprint density at radius 2 is 2.00 bits per heavy atom. The summed E-state index contributed by atoms with van der Waals surface area (Å²) in [6, 6.07) is 0.494. The van der Waals surface area contributed by atoms with Crippen LogP contribution in [0.1, 0.15) is 40.0 Å². The van der Waals surface area contributed by atoms with E-state index in [-0.39, 0.29) is 11.3 Å². The summed E-state index contributed by atoms with van der Waals surface area (Å²) in [4.78, 5) is 13.9. The van der Waals surface area contributed by atoms with Gasteiger partial charge in [-0.3, -0.25) is 4.79 Å². The van der Waals surface area contributed by atoms with E-state index in [0.717, 1.165) is 19.4 Å². The number of nitrogens with two attached hydrogens (primary N) is 1. The highest BCUT2D eigenvalue weighted by Crippen LogP contribution is 2.29. The summed E-state index contributed by atoms with van der Waals surface area (Å²) in [5.41, 5.74) is 5.58. The molecule has 0 saturated heterocycles. The lowest BCUT2D eigenvalue weighted by Crippen LogP contribution is -2.38. The van der Waals surface area contributed by atoms with E-state index in [1.807, 2.05) is 4.90 Å². The molecule has 1 rings (SSSR count). The van der Waals surface area contributed by atoms with Crippen molar-refractivity contribution in [2.45, 2.75) is 46.1 Å². The molecule has 0 aromatic heterocycles. The standard InChI is InChI=1S/C11H22N2O/c1-11(2,3)8-10(14)13(7-6-12)9-4-5-9/h9H,4-8,12H2,1-3H3. The van der Waals surface area contributed by atoms with E-state index in [1.54, 1.807) is 0 Å². The molecule has 1 aliphatic rings. The number of hydrogen-bond acceptors (Lipinski definition) is 2. The lowest BCUT2D eigenvalue weighted by atomic mass is 9.91. The number of rotatable bonds is 4. The molecule has 0 heterocycles. The Morgan fingerprint density at radius 1 is 1.43 bits per heavy atom. The SMILES string of the molecule is CC(C)(C)CC(=O)N(CCN)C1CC1.